The van der Waals surface area contributed by atoms with Crippen LogP contribution in [0.25, 0.3) is 0 Å². The Hall–Kier alpha value is -1.12. The predicted octanol–water partition coefficient (Wildman–Crippen LogP) is 2.50. The topological polar surface area (TPSA) is 43.4 Å². The van der Waals surface area contributed by atoms with Crippen molar-refractivity contribution in [1.82, 2.24) is 0 Å². The van der Waals surface area contributed by atoms with Crippen LogP contribution in [0.1, 0.15) is 40.0 Å². The average Bonchev–Trinajstić information content (AvgIpc) is 2.59. The highest BCUT2D eigenvalue weighted by atomic mass is 16.5. The molecule has 3 heteroatoms. The highest BCUT2D eigenvalue weighted by molar-refractivity contribution is 6.09. The molecule has 0 heterocycles. The minimum atomic E-state index is -1.01. The van der Waals surface area contributed by atoms with Crippen molar-refractivity contribution in [3.8, 4) is 0 Å². The Labute approximate surface area is 102 Å². The summed E-state index contributed by atoms with van der Waals surface area (Å²) in [5, 5.41) is 0. The lowest BCUT2D eigenvalue weighted by molar-refractivity contribution is -0.168. The van der Waals surface area contributed by atoms with Crippen LogP contribution in [-0.4, -0.2) is 18.9 Å². The summed E-state index contributed by atoms with van der Waals surface area (Å²) in [4.78, 5) is 24.7. The first kappa shape index (κ1) is 12.3. The van der Waals surface area contributed by atoms with Crippen LogP contribution in [0.5, 0.6) is 0 Å². The maximum absolute atomic E-state index is 12.4. The number of ketones is 1. The number of hydrogen-bond acceptors (Lipinski definition) is 3. The van der Waals surface area contributed by atoms with Crippen LogP contribution < -0.4 is 0 Å². The molecule has 0 spiro atoms. The Kier molecular flexibility index (Phi) is 2.68. The standard InChI is InChI=1S/C14H20O3/c1-9-5-6-11(15)14(12(16)17-4)10(2)7-8-13(9,14)3/h7,9H,5-6,8H2,1-4H3/t9-,13+,14-/m1/s1. The molecule has 0 bridgehead atoms. The molecule has 2 aliphatic carbocycles. The van der Waals surface area contributed by atoms with Gasteiger partial charge in [-0.05, 0) is 25.7 Å². The minimum absolute atomic E-state index is 0.0381. The second-order valence-electron chi connectivity index (χ2n) is 5.61. The molecule has 2 rings (SSSR count). The lowest BCUT2D eigenvalue weighted by atomic mass is 9.52. The fourth-order valence-corrected chi connectivity index (χ4v) is 3.75. The smallest absolute Gasteiger partial charge is 0.324 e. The monoisotopic (exact) mass is 236 g/mol. The maximum atomic E-state index is 12.4. The van der Waals surface area contributed by atoms with E-state index in [1.54, 1.807) is 0 Å². The van der Waals surface area contributed by atoms with Gasteiger partial charge in [-0.1, -0.05) is 25.5 Å². The van der Waals surface area contributed by atoms with Gasteiger partial charge in [0.1, 0.15) is 0 Å². The van der Waals surface area contributed by atoms with Gasteiger partial charge in [-0.25, -0.2) is 0 Å². The first-order chi connectivity index (χ1) is 7.91. The largest absolute Gasteiger partial charge is 0.468 e. The van der Waals surface area contributed by atoms with E-state index in [-0.39, 0.29) is 17.2 Å². The molecule has 0 aromatic heterocycles. The molecule has 94 valence electrons. The van der Waals surface area contributed by atoms with E-state index in [9.17, 15) is 9.59 Å². The summed E-state index contributed by atoms with van der Waals surface area (Å²) in [5.74, 6) is 0.0204. The third kappa shape index (κ3) is 1.23. The van der Waals surface area contributed by atoms with Gasteiger partial charge >= 0.3 is 5.97 Å². The van der Waals surface area contributed by atoms with Crippen molar-refractivity contribution in [3.05, 3.63) is 11.6 Å². The third-order valence-corrected chi connectivity index (χ3v) is 5.08. The summed E-state index contributed by atoms with van der Waals surface area (Å²) in [6, 6.07) is 0. The van der Waals surface area contributed by atoms with E-state index < -0.39 is 5.41 Å². The molecule has 2 aliphatic rings. The van der Waals surface area contributed by atoms with E-state index in [1.807, 2.05) is 13.0 Å². The number of rotatable bonds is 1. The van der Waals surface area contributed by atoms with Crippen molar-refractivity contribution in [2.45, 2.75) is 40.0 Å². The summed E-state index contributed by atoms with van der Waals surface area (Å²) in [5.41, 5.74) is -0.442. The van der Waals surface area contributed by atoms with E-state index >= 15 is 0 Å². The number of Topliss-reactive ketones (excluding diaryl/α,β-unsaturated/α-hetero) is 1. The second kappa shape index (κ2) is 3.69. The highest BCUT2D eigenvalue weighted by Crippen LogP contribution is 2.61. The molecule has 0 N–H and O–H groups in total. The number of ether oxygens (including phenoxy) is 1. The number of hydrogen-bond donors (Lipinski definition) is 0. The fraction of sp³-hybridized carbons (Fsp3) is 0.714. The van der Waals surface area contributed by atoms with Crippen molar-refractivity contribution >= 4 is 11.8 Å². The SMILES string of the molecule is COC(=O)[C@@]12C(=O)CC[C@@H](C)[C@]1(C)CC=C2C. The third-order valence-electron chi connectivity index (χ3n) is 5.08. The van der Waals surface area contributed by atoms with Crippen LogP contribution in [0.3, 0.4) is 0 Å². The van der Waals surface area contributed by atoms with Crippen LogP contribution in [0, 0.1) is 16.7 Å². The molecule has 3 atom stereocenters. The van der Waals surface area contributed by atoms with E-state index in [2.05, 4.69) is 13.8 Å². The van der Waals surface area contributed by atoms with Gasteiger partial charge in [0, 0.05) is 11.8 Å². The highest BCUT2D eigenvalue weighted by Gasteiger charge is 2.66. The Balaban J connectivity index is 2.63. The van der Waals surface area contributed by atoms with E-state index in [0.29, 0.717) is 12.3 Å². The Morgan fingerprint density at radius 2 is 2.18 bits per heavy atom. The van der Waals surface area contributed by atoms with Gasteiger partial charge in [-0.15, -0.1) is 0 Å². The Bertz CT molecular complexity index is 400. The van der Waals surface area contributed by atoms with E-state index in [1.165, 1.54) is 7.11 Å². The van der Waals surface area contributed by atoms with E-state index in [4.69, 9.17) is 4.74 Å². The van der Waals surface area contributed by atoms with Crippen LogP contribution in [-0.2, 0) is 14.3 Å². The number of methoxy groups -OCH3 is 1. The second-order valence-corrected chi connectivity index (χ2v) is 5.61. The quantitative estimate of drug-likeness (QED) is 0.399. The fourth-order valence-electron chi connectivity index (χ4n) is 3.75. The van der Waals surface area contributed by atoms with Crippen LogP contribution >= 0.6 is 0 Å². The van der Waals surface area contributed by atoms with Gasteiger partial charge < -0.3 is 4.74 Å². The van der Waals surface area contributed by atoms with Gasteiger partial charge in [0.2, 0.25) is 0 Å². The van der Waals surface area contributed by atoms with Crippen molar-refractivity contribution < 1.29 is 14.3 Å². The molecule has 1 saturated carbocycles. The Morgan fingerprint density at radius 1 is 1.53 bits per heavy atom. The molecular weight excluding hydrogens is 216 g/mol. The van der Waals surface area contributed by atoms with Gasteiger partial charge in [0.05, 0.1) is 7.11 Å². The lowest BCUT2D eigenvalue weighted by Crippen LogP contribution is -2.56. The van der Waals surface area contributed by atoms with Crippen LogP contribution in [0.15, 0.2) is 11.6 Å². The Morgan fingerprint density at radius 3 is 2.76 bits per heavy atom. The molecule has 0 unspecified atom stereocenters. The summed E-state index contributed by atoms with van der Waals surface area (Å²) in [6.07, 6.45) is 4.18. The molecule has 1 fully saturated rings. The summed E-state index contributed by atoms with van der Waals surface area (Å²) >= 11 is 0. The van der Waals surface area contributed by atoms with Crippen molar-refractivity contribution in [3.63, 3.8) is 0 Å². The molecule has 0 aliphatic heterocycles. The van der Waals surface area contributed by atoms with Crippen LogP contribution in [0.2, 0.25) is 0 Å². The number of fused-ring (bicyclic) bond motifs is 1. The average molecular weight is 236 g/mol. The molecule has 0 aromatic carbocycles. The summed E-state index contributed by atoms with van der Waals surface area (Å²) < 4.78 is 4.95. The molecule has 3 nitrogen and oxygen atoms in total. The molecule has 0 amide bonds. The van der Waals surface area contributed by atoms with Gasteiger partial charge in [0.25, 0.3) is 0 Å². The van der Waals surface area contributed by atoms with Gasteiger partial charge in [-0.2, -0.15) is 0 Å². The number of esters is 1. The molecule has 17 heavy (non-hydrogen) atoms. The first-order valence-corrected chi connectivity index (χ1v) is 6.20. The van der Waals surface area contributed by atoms with E-state index in [0.717, 1.165) is 18.4 Å². The zero-order valence-corrected chi connectivity index (χ0v) is 11.0. The zero-order chi connectivity index (χ0) is 12.8. The lowest BCUT2D eigenvalue weighted by Gasteiger charge is -2.49. The van der Waals surface area contributed by atoms with Crippen molar-refractivity contribution in [2.75, 3.05) is 7.11 Å². The zero-order valence-electron chi connectivity index (χ0n) is 11.0. The predicted molar refractivity (Wildman–Crippen MR) is 64.3 cm³/mol. The molecular formula is C14H20O3. The maximum Gasteiger partial charge on any atom is 0.324 e. The number of allylic oxidation sites excluding steroid dienone is 1. The molecule has 0 saturated heterocycles. The summed E-state index contributed by atoms with van der Waals surface area (Å²) in [7, 11) is 1.37. The number of carbonyl (C=O) groups is 2. The van der Waals surface area contributed by atoms with Gasteiger partial charge in [0.15, 0.2) is 11.2 Å². The molecule has 0 aromatic rings. The van der Waals surface area contributed by atoms with Crippen molar-refractivity contribution in [1.29, 1.82) is 0 Å². The summed E-state index contributed by atoms with van der Waals surface area (Å²) in [6.45, 7) is 6.08. The van der Waals surface area contributed by atoms with Crippen molar-refractivity contribution in [2.24, 2.45) is 16.7 Å². The normalized spacial score (nSPS) is 40.8. The molecule has 0 radical (unpaired) electrons. The van der Waals surface area contributed by atoms with Gasteiger partial charge in [-0.3, -0.25) is 9.59 Å². The number of carbonyl (C=O) groups excluding carboxylic acids is 2. The minimum Gasteiger partial charge on any atom is -0.468 e. The van der Waals surface area contributed by atoms with Crippen LogP contribution in [0.4, 0.5) is 0 Å². The first-order valence-electron chi connectivity index (χ1n) is 6.20.